The van der Waals surface area contributed by atoms with Crippen LogP contribution in [0.1, 0.15) is 13.8 Å². The number of hydrogen-bond donors (Lipinski definition) is 1. The summed E-state index contributed by atoms with van der Waals surface area (Å²) < 4.78 is 4.44. The van der Waals surface area contributed by atoms with Crippen molar-refractivity contribution in [3.63, 3.8) is 0 Å². The Morgan fingerprint density at radius 1 is 1.46 bits per heavy atom. The Morgan fingerprint density at radius 3 is 2.38 bits per heavy atom. The fraction of sp³-hybridized carbons (Fsp3) is 0.750. The zero-order valence-corrected chi connectivity index (χ0v) is 8.72. The van der Waals surface area contributed by atoms with Gasteiger partial charge in [-0.05, 0) is 6.92 Å². The number of esters is 1. The molecule has 0 aliphatic carbocycles. The van der Waals surface area contributed by atoms with E-state index < -0.39 is 12.0 Å². The van der Waals surface area contributed by atoms with Crippen molar-refractivity contribution in [2.45, 2.75) is 19.9 Å². The van der Waals surface area contributed by atoms with Crippen LogP contribution in [-0.4, -0.2) is 30.9 Å². The van der Waals surface area contributed by atoms with Crippen LogP contribution in [0.3, 0.4) is 0 Å². The highest BCUT2D eigenvalue weighted by atomic mass is 35.5. The lowest BCUT2D eigenvalue weighted by atomic mass is 10.2. The van der Waals surface area contributed by atoms with Crippen LogP contribution in [-0.2, 0) is 14.3 Å². The molecule has 1 amide bonds. The first-order valence-electron chi connectivity index (χ1n) is 3.97. The summed E-state index contributed by atoms with van der Waals surface area (Å²) in [5.74, 6) is -0.767. The fourth-order valence-electron chi connectivity index (χ4n) is 0.661. The molecule has 2 atom stereocenters. The van der Waals surface area contributed by atoms with Crippen molar-refractivity contribution in [2.75, 3.05) is 13.0 Å². The quantitative estimate of drug-likeness (QED) is 0.541. The molecule has 0 heterocycles. The number of rotatable bonds is 4. The zero-order chi connectivity index (χ0) is 10.4. The molecule has 0 aromatic rings. The van der Waals surface area contributed by atoms with Gasteiger partial charge in [-0.25, -0.2) is 4.79 Å². The monoisotopic (exact) mass is 207 g/mol. The number of carbonyl (C=O) groups excluding carboxylic acids is 2. The van der Waals surface area contributed by atoms with Gasteiger partial charge >= 0.3 is 5.97 Å². The van der Waals surface area contributed by atoms with Crippen molar-refractivity contribution in [1.29, 1.82) is 0 Å². The van der Waals surface area contributed by atoms with E-state index >= 15 is 0 Å². The molecule has 0 saturated carbocycles. The molecule has 0 saturated heterocycles. The third-order valence-electron chi connectivity index (χ3n) is 1.59. The Labute approximate surface area is 82.6 Å². The zero-order valence-electron chi connectivity index (χ0n) is 7.96. The van der Waals surface area contributed by atoms with Crippen molar-refractivity contribution in [3.05, 3.63) is 0 Å². The van der Waals surface area contributed by atoms with Crippen molar-refractivity contribution in [2.24, 2.45) is 5.92 Å². The summed E-state index contributed by atoms with van der Waals surface area (Å²) in [5, 5.41) is 2.48. The van der Waals surface area contributed by atoms with Crippen LogP contribution in [0.5, 0.6) is 0 Å². The average molecular weight is 208 g/mol. The van der Waals surface area contributed by atoms with E-state index in [1.807, 2.05) is 0 Å². The van der Waals surface area contributed by atoms with E-state index in [0.29, 0.717) is 0 Å². The van der Waals surface area contributed by atoms with Gasteiger partial charge < -0.3 is 10.1 Å². The topological polar surface area (TPSA) is 55.4 Å². The fourth-order valence-corrected chi connectivity index (χ4v) is 0.802. The second-order valence-electron chi connectivity index (χ2n) is 2.81. The summed E-state index contributed by atoms with van der Waals surface area (Å²) in [6, 6.07) is -0.622. The summed E-state index contributed by atoms with van der Waals surface area (Å²) in [6.07, 6.45) is 0. The van der Waals surface area contributed by atoms with Gasteiger partial charge in [-0.3, -0.25) is 4.79 Å². The van der Waals surface area contributed by atoms with E-state index in [2.05, 4.69) is 10.1 Å². The maximum absolute atomic E-state index is 11.2. The van der Waals surface area contributed by atoms with Gasteiger partial charge in [0.1, 0.15) is 6.04 Å². The molecule has 1 unspecified atom stereocenters. The molecule has 0 aliphatic rings. The van der Waals surface area contributed by atoms with E-state index in [0.717, 1.165) is 0 Å². The lowest BCUT2D eigenvalue weighted by molar-refractivity contribution is -0.144. The number of carbonyl (C=O) groups is 2. The van der Waals surface area contributed by atoms with Crippen LogP contribution in [0.2, 0.25) is 0 Å². The van der Waals surface area contributed by atoms with E-state index in [-0.39, 0.29) is 17.7 Å². The van der Waals surface area contributed by atoms with Gasteiger partial charge in [0, 0.05) is 11.8 Å². The van der Waals surface area contributed by atoms with Crippen LogP contribution >= 0.6 is 11.6 Å². The number of ether oxygens (including phenoxy) is 1. The van der Waals surface area contributed by atoms with Crippen molar-refractivity contribution < 1.29 is 14.3 Å². The van der Waals surface area contributed by atoms with Crippen LogP contribution in [0.25, 0.3) is 0 Å². The number of hydrogen-bond acceptors (Lipinski definition) is 3. The predicted molar refractivity (Wildman–Crippen MR) is 49.5 cm³/mol. The molecule has 0 radical (unpaired) electrons. The molecular formula is C8H14ClNO3. The van der Waals surface area contributed by atoms with Crippen LogP contribution in [0.15, 0.2) is 0 Å². The maximum atomic E-state index is 11.2. The van der Waals surface area contributed by atoms with E-state index in [1.165, 1.54) is 7.11 Å². The van der Waals surface area contributed by atoms with Gasteiger partial charge in [0.2, 0.25) is 5.91 Å². The van der Waals surface area contributed by atoms with Crippen molar-refractivity contribution in [1.82, 2.24) is 5.32 Å². The highest BCUT2D eigenvalue weighted by molar-refractivity contribution is 6.19. The smallest absolute Gasteiger partial charge is 0.328 e. The molecule has 1 N–H and O–H groups in total. The Hall–Kier alpha value is -0.770. The minimum Gasteiger partial charge on any atom is -0.467 e. The lowest BCUT2D eigenvalue weighted by Crippen LogP contribution is -2.42. The molecule has 0 aliphatic heterocycles. The molecule has 13 heavy (non-hydrogen) atoms. The van der Waals surface area contributed by atoms with Gasteiger partial charge in [0.15, 0.2) is 0 Å². The average Bonchev–Trinajstić information content (AvgIpc) is 2.14. The first-order chi connectivity index (χ1) is 6.02. The molecule has 0 aromatic heterocycles. The second-order valence-corrected chi connectivity index (χ2v) is 3.12. The normalized spacial score (nSPS) is 14.5. The Balaban J connectivity index is 3.98. The number of halogens is 1. The minimum absolute atomic E-state index is 0.236. The Morgan fingerprint density at radius 2 is 2.00 bits per heavy atom. The van der Waals surface area contributed by atoms with Crippen LogP contribution in [0.4, 0.5) is 0 Å². The number of alkyl halides is 1. The summed E-state index contributed by atoms with van der Waals surface area (Å²) in [6.45, 7) is 3.25. The molecule has 5 heteroatoms. The molecule has 0 rings (SSSR count). The van der Waals surface area contributed by atoms with Gasteiger partial charge in [-0.1, -0.05) is 6.92 Å². The predicted octanol–water partition coefficient (Wildman–Crippen LogP) is 0.539. The second kappa shape index (κ2) is 5.80. The SMILES string of the molecule is COC(=O)[C@H](C)NC(=O)C(C)CCl. The molecule has 0 fully saturated rings. The van der Waals surface area contributed by atoms with E-state index in [4.69, 9.17) is 11.6 Å². The minimum atomic E-state index is -0.622. The maximum Gasteiger partial charge on any atom is 0.328 e. The van der Waals surface area contributed by atoms with Gasteiger partial charge in [-0.2, -0.15) is 0 Å². The molecule has 0 aromatic carbocycles. The van der Waals surface area contributed by atoms with Crippen LogP contribution in [0, 0.1) is 5.92 Å². The third kappa shape index (κ3) is 4.12. The third-order valence-corrected chi connectivity index (χ3v) is 2.06. The van der Waals surface area contributed by atoms with E-state index in [9.17, 15) is 9.59 Å². The summed E-state index contributed by atoms with van der Waals surface area (Å²) in [4.78, 5) is 22.1. The summed E-state index contributed by atoms with van der Waals surface area (Å²) in [7, 11) is 1.27. The number of nitrogens with one attached hydrogen (secondary N) is 1. The van der Waals surface area contributed by atoms with Gasteiger partial charge in [0.25, 0.3) is 0 Å². The molecule has 0 bridgehead atoms. The number of amides is 1. The highest BCUT2D eigenvalue weighted by Gasteiger charge is 2.18. The van der Waals surface area contributed by atoms with Crippen molar-refractivity contribution in [3.8, 4) is 0 Å². The largest absolute Gasteiger partial charge is 0.467 e. The molecule has 76 valence electrons. The Bertz CT molecular complexity index is 196. The highest BCUT2D eigenvalue weighted by Crippen LogP contribution is 1.98. The molecular weight excluding hydrogens is 194 g/mol. The molecule has 4 nitrogen and oxygen atoms in total. The van der Waals surface area contributed by atoms with Gasteiger partial charge in [0.05, 0.1) is 7.11 Å². The summed E-state index contributed by atoms with van der Waals surface area (Å²) >= 11 is 5.47. The first-order valence-corrected chi connectivity index (χ1v) is 4.50. The standard InChI is InChI=1S/C8H14ClNO3/c1-5(4-9)7(11)10-6(2)8(12)13-3/h5-6H,4H2,1-3H3,(H,10,11)/t5?,6-/m0/s1. The molecule has 0 spiro atoms. The van der Waals surface area contributed by atoms with Crippen LogP contribution < -0.4 is 5.32 Å². The Kier molecular flexibility index (Phi) is 5.46. The lowest BCUT2D eigenvalue weighted by Gasteiger charge is -2.13. The summed E-state index contributed by atoms with van der Waals surface area (Å²) in [5.41, 5.74) is 0. The van der Waals surface area contributed by atoms with E-state index in [1.54, 1.807) is 13.8 Å². The van der Waals surface area contributed by atoms with Gasteiger partial charge in [-0.15, -0.1) is 11.6 Å². The first kappa shape index (κ1) is 12.2. The van der Waals surface area contributed by atoms with Crippen molar-refractivity contribution >= 4 is 23.5 Å². The number of methoxy groups -OCH3 is 1.